The zero-order valence-electron chi connectivity index (χ0n) is 31.9. The Morgan fingerprint density at radius 3 is 2.34 bits per heavy atom. The molecular formula is C42H67N5O3. The van der Waals surface area contributed by atoms with Gasteiger partial charge in [-0.05, 0) is 78.1 Å². The van der Waals surface area contributed by atoms with Crippen molar-refractivity contribution in [2.45, 2.75) is 86.6 Å². The molecule has 5 heterocycles. The van der Waals surface area contributed by atoms with Crippen LogP contribution in [-0.2, 0) is 9.53 Å². The van der Waals surface area contributed by atoms with Gasteiger partial charge < -0.3 is 30.7 Å². The van der Waals surface area contributed by atoms with Crippen LogP contribution >= 0.6 is 0 Å². The highest BCUT2D eigenvalue weighted by molar-refractivity contribution is 5.90. The third-order valence-corrected chi connectivity index (χ3v) is 10.1. The van der Waals surface area contributed by atoms with Crippen LogP contribution in [0.1, 0.15) is 89.5 Å². The van der Waals surface area contributed by atoms with Gasteiger partial charge in [0.2, 0.25) is 5.91 Å². The van der Waals surface area contributed by atoms with Crippen molar-refractivity contribution in [1.29, 1.82) is 0 Å². The smallest absolute Gasteiger partial charge is 0.223 e. The van der Waals surface area contributed by atoms with Crippen LogP contribution in [0.5, 0.6) is 0 Å². The summed E-state index contributed by atoms with van der Waals surface area (Å²) in [5.74, 6) is 1.78. The number of allylic oxidation sites excluding steroid dienone is 3. The maximum absolute atomic E-state index is 12.2. The van der Waals surface area contributed by atoms with Crippen LogP contribution in [-0.4, -0.2) is 58.2 Å². The highest BCUT2D eigenvalue weighted by Gasteiger charge is 2.75. The first-order valence-corrected chi connectivity index (χ1v) is 18.4. The first-order chi connectivity index (χ1) is 23.8. The topological polar surface area (TPSA) is 114 Å². The van der Waals surface area contributed by atoms with E-state index in [1.54, 1.807) is 12.4 Å². The number of rotatable bonds is 3. The quantitative estimate of drug-likeness (QED) is 0.237. The van der Waals surface area contributed by atoms with Crippen LogP contribution in [0.15, 0.2) is 92.2 Å². The molecule has 8 rings (SSSR count). The number of benzene rings is 2. The molecule has 278 valence electrons. The number of imidazole rings is 1. The Balaban J connectivity index is 0.000000812. The molecule has 5 aliphatic rings. The highest BCUT2D eigenvalue weighted by Crippen LogP contribution is 2.69. The van der Waals surface area contributed by atoms with E-state index in [0.717, 1.165) is 72.3 Å². The molecule has 8 heteroatoms. The van der Waals surface area contributed by atoms with Crippen molar-refractivity contribution in [2.24, 2.45) is 17.3 Å². The summed E-state index contributed by atoms with van der Waals surface area (Å²) in [6.45, 7) is 31.2. The molecule has 5 fully saturated rings. The summed E-state index contributed by atoms with van der Waals surface area (Å²) in [5.41, 5.74) is 6.58. The molecule has 1 aliphatic carbocycles. The molecule has 1 saturated carbocycles. The van der Waals surface area contributed by atoms with E-state index in [9.17, 15) is 4.79 Å². The van der Waals surface area contributed by atoms with E-state index in [1.165, 1.54) is 23.6 Å². The minimum absolute atomic E-state index is 0. The molecule has 1 amide bonds. The van der Waals surface area contributed by atoms with E-state index in [4.69, 9.17) is 4.74 Å². The molecule has 50 heavy (non-hydrogen) atoms. The number of piperidine rings is 2. The average Bonchev–Trinajstić information content (AvgIpc) is 3.51. The van der Waals surface area contributed by atoms with Gasteiger partial charge in [-0.15, -0.1) is 6.58 Å². The Bertz CT molecular complexity index is 1610. The molecule has 8 nitrogen and oxygen atoms in total. The third kappa shape index (κ3) is 8.41. The third-order valence-electron chi connectivity index (χ3n) is 10.1. The molecule has 5 N–H and O–H groups in total. The first kappa shape index (κ1) is 42.0. The number of carbonyl (C=O) groups is 1. The van der Waals surface area contributed by atoms with Crippen molar-refractivity contribution in [1.82, 2.24) is 25.5 Å². The van der Waals surface area contributed by atoms with E-state index >= 15 is 0 Å². The Labute approximate surface area is 304 Å². The molecule has 1 spiro atoms. The van der Waals surface area contributed by atoms with Crippen molar-refractivity contribution in [3.63, 3.8) is 0 Å². The molecule has 2 aromatic carbocycles. The second-order valence-electron chi connectivity index (χ2n) is 12.6. The summed E-state index contributed by atoms with van der Waals surface area (Å²) in [5, 5.41) is 8.78. The summed E-state index contributed by atoms with van der Waals surface area (Å²) < 4.78 is 5.74. The van der Waals surface area contributed by atoms with Crippen molar-refractivity contribution < 1.29 is 17.9 Å². The van der Waals surface area contributed by atoms with Crippen molar-refractivity contribution in [3.8, 4) is 11.3 Å². The van der Waals surface area contributed by atoms with Crippen LogP contribution in [0, 0.1) is 17.3 Å². The normalized spacial score (nSPS) is 25.4. The molecule has 0 bridgehead atoms. The van der Waals surface area contributed by atoms with Gasteiger partial charge in [0.15, 0.2) is 0 Å². The summed E-state index contributed by atoms with van der Waals surface area (Å²) in [4.78, 5) is 21.6. The summed E-state index contributed by atoms with van der Waals surface area (Å²) >= 11 is 0. The fourth-order valence-corrected chi connectivity index (χ4v) is 7.77. The average molecular weight is 690 g/mol. The van der Waals surface area contributed by atoms with Crippen molar-refractivity contribution in [3.05, 3.63) is 97.8 Å². The number of aromatic nitrogens is 2. The second kappa shape index (κ2) is 19.3. The standard InChI is InChI=1S/C20H18N4.C13H19NO2.C3H6.3C2H6.H2O.2H2/c1-13(7-19-14(2)22-12-24-19)15-3-4-17-9-18(6-5-16(17)8-15)20-10-21-11-23-20;1-12-8-16-5-3-9(12)6-11(15)14-4-2-10-7-13(10,12)14;1-3-2;3*1-2;;;/h3-11,22,24H,1-2,12H2,(H,21,23);9-10H,2-8H2,1H3;3H,1H2,2H3;3*1-2H3;1H2;2*1H/b19-7+;;;;;;;;/t;9?,10?,12?,13-;;;;;;;/m.1......./s1. The van der Waals surface area contributed by atoms with Crippen LogP contribution in [0.2, 0.25) is 0 Å². The molecule has 3 aromatic rings. The van der Waals surface area contributed by atoms with Crippen LogP contribution in [0.4, 0.5) is 0 Å². The molecule has 4 aliphatic heterocycles. The number of hydrogen-bond acceptors (Lipinski definition) is 5. The Morgan fingerprint density at radius 1 is 1.04 bits per heavy atom. The summed E-state index contributed by atoms with van der Waals surface area (Å²) in [7, 11) is 0. The van der Waals surface area contributed by atoms with Gasteiger partial charge in [-0.1, -0.05) is 92.0 Å². The molecular weight excluding hydrogens is 622 g/mol. The van der Waals surface area contributed by atoms with Crippen LogP contribution in [0.25, 0.3) is 27.6 Å². The number of fused-ring (bicyclic) bond motifs is 2. The van der Waals surface area contributed by atoms with E-state index < -0.39 is 0 Å². The number of nitrogens with one attached hydrogen (secondary N) is 3. The number of carbonyl (C=O) groups excluding carboxylic acids is 1. The Hall–Kier alpha value is -4.14. The number of H-pyrrole nitrogens is 1. The fourth-order valence-electron chi connectivity index (χ4n) is 7.77. The molecule has 4 atom stereocenters. The van der Waals surface area contributed by atoms with E-state index in [-0.39, 0.29) is 19.3 Å². The minimum atomic E-state index is 0. The van der Waals surface area contributed by atoms with E-state index in [0.29, 0.717) is 18.5 Å². The molecule has 4 saturated heterocycles. The lowest BCUT2D eigenvalue weighted by atomic mass is 9.63. The van der Waals surface area contributed by atoms with Crippen LogP contribution < -0.4 is 10.6 Å². The van der Waals surface area contributed by atoms with Gasteiger partial charge in [0, 0.05) is 33.4 Å². The monoisotopic (exact) mass is 690 g/mol. The van der Waals surface area contributed by atoms with E-state index in [1.807, 2.05) is 60.7 Å². The number of nitrogens with zero attached hydrogens (tertiary/aromatic N) is 2. The number of aromatic amines is 1. The van der Waals surface area contributed by atoms with Crippen molar-refractivity contribution in [2.75, 3.05) is 26.4 Å². The number of amides is 1. The summed E-state index contributed by atoms with van der Waals surface area (Å²) in [6, 6.07) is 12.8. The number of hydrogen-bond donors (Lipinski definition) is 3. The second-order valence-corrected chi connectivity index (χ2v) is 12.6. The maximum atomic E-state index is 12.2. The zero-order valence-corrected chi connectivity index (χ0v) is 31.9. The van der Waals surface area contributed by atoms with Gasteiger partial charge in [0.1, 0.15) is 0 Å². The van der Waals surface area contributed by atoms with E-state index in [2.05, 4.69) is 88.6 Å². The van der Waals surface area contributed by atoms with Crippen molar-refractivity contribution >= 4 is 22.3 Å². The van der Waals surface area contributed by atoms with Gasteiger partial charge in [0.05, 0.1) is 48.4 Å². The maximum Gasteiger partial charge on any atom is 0.223 e. The molecule has 0 radical (unpaired) electrons. The zero-order chi connectivity index (χ0) is 36.2. The minimum Gasteiger partial charge on any atom is -0.412 e. The molecule has 1 aromatic heterocycles. The SMILES string of the molecule is C=C1NCN/C1=C/C(=C)c1ccc2cc(-c3cnc[nH]3)ccc2c1.C=CC.CC.CC.CC.CC12COCCC1CC(=O)N1CCC3C[C@]312.O.[HH].[HH]. The number of ether oxygens (including phenoxy) is 1. The van der Waals surface area contributed by atoms with Gasteiger partial charge >= 0.3 is 0 Å². The predicted molar refractivity (Wildman–Crippen MR) is 215 cm³/mol. The van der Waals surface area contributed by atoms with Gasteiger partial charge in [0.25, 0.3) is 0 Å². The van der Waals surface area contributed by atoms with Gasteiger partial charge in [-0.25, -0.2) is 4.98 Å². The molecule has 3 unspecified atom stereocenters. The highest BCUT2D eigenvalue weighted by atomic mass is 16.5. The van der Waals surface area contributed by atoms with Gasteiger partial charge in [-0.3, -0.25) is 4.79 Å². The van der Waals surface area contributed by atoms with Gasteiger partial charge in [-0.2, -0.15) is 0 Å². The fraction of sp³-hybridized carbons (Fsp3) is 0.476. The predicted octanol–water partition coefficient (Wildman–Crippen LogP) is 9.15. The Kier molecular flexibility index (Phi) is 16.2. The lowest BCUT2D eigenvalue weighted by Crippen LogP contribution is -2.62. The largest absolute Gasteiger partial charge is 0.412 e. The first-order valence-electron chi connectivity index (χ1n) is 18.4. The lowest BCUT2D eigenvalue weighted by molar-refractivity contribution is -0.164. The Morgan fingerprint density at radius 2 is 1.72 bits per heavy atom. The lowest BCUT2D eigenvalue weighted by Gasteiger charge is -2.54. The van der Waals surface area contributed by atoms with Crippen LogP contribution in [0.3, 0.4) is 0 Å². The summed E-state index contributed by atoms with van der Waals surface area (Å²) in [6.07, 6.45) is 11.6.